The van der Waals surface area contributed by atoms with Crippen molar-refractivity contribution in [2.45, 2.75) is 69.0 Å². The molecule has 2 saturated carbocycles. The molecule has 0 saturated heterocycles. The number of ether oxygens (including phenoxy) is 1. The Morgan fingerprint density at radius 2 is 1.66 bits per heavy atom. The zero-order chi connectivity index (χ0) is 35.3. The van der Waals surface area contributed by atoms with E-state index in [4.69, 9.17) is 4.74 Å². The van der Waals surface area contributed by atoms with Gasteiger partial charge in [-0.1, -0.05) is 48.9 Å². The molecule has 3 aromatic carbocycles. The number of aromatic nitrogens is 1. The van der Waals surface area contributed by atoms with Gasteiger partial charge in [0.05, 0.1) is 17.7 Å². The predicted molar refractivity (Wildman–Crippen MR) is 191 cm³/mol. The van der Waals surface area contributed by atoms with Gasteiger partial charge in [-0.2, -0.15) is 0 Å². The molecule has 10 heteroatoms. The number of carbonyl (C=O) groups excluding carboxylic acids is 2. The average Bonchev–Trinajstić information content (AvgIpc) is 3.76. The quantitative estimate of drug-likeness (QED) is 0.108. The Kier molecular flexibility index (Phi) is 11.1. The van der Waals surface area contributed by atoms with Crippen LogP contribution in [0, 0.1) is 17.7 Å². The minimum atomic E-state index is -3.19. The van der Waals surface area contributed by atoms with Crippen molar-refractivity contribution >= 4 is 21.5 Å². The fourth-order valence-corrected chi connectivity index (χ4v) is 8.01. The normalized spacial score (nSPS) is 18.3. The molecule has 1 unspecified atom stereocenters. The first kappa shape index (κ1) is 35.4. The zero-order valence-corrected chi connectivity index (χ0v) is 29.4. The van der Waals surface area contributed by atoms with E-state index in [9.17, 15) is 22.4 Å². The highest BCUT2D eigenvalue weighted by Crippen LogP contribution is 2.47. The van der Waals surface area contributed by atoms with E-state index in [-0.39, 0.29) is 41.9 Å². The summed E-state index contributed by atoms with van der Waals surface area (Å²) < 4.78 is 42.5. The van der Waals surface area contributed by atoms with Crippen molar-refractivity contribution in [2.75, 3.05) is 19.9 Å². The summed E-state index contributed by atoms with van der Waals surface area (Å²) in [4.78, 5) is 33.6. The van der Waals surface area contributed by atoms with Crippen LogP contribution in [0.2, 0.25) is 0 Å². The molecule has 0 spiro atoms. The standard InChI is InChI=1S/C40H44FN3O5S/c1-49-39-17-12-33(23-35(39)41)38(45)16-18-40(46)44(37-22-29-5-11-32(37)21-29)26-28-3-9-31(10-4-28)36-15-8-30(25-43-36)24-42-20-19-27-6-13-34(14-7-27)50(2,47)48/h3-4,6-10,12-15,17,23,25,29,32,37,42H,5,11,16,18-22,24,26H2,1-2H3/t29-,32+,37?/m1/s1. The molecule has 1 heterocycles. The number of hydrogen-bond donors (Lipinski definition) is 1. The van der Waals surface area contributed by atoms with E-state index in [1.54, 1.807) is 12.1 Å². The van der Waals surface area contributed by atoms with E-state index in [0.29, 0.717) is 29.8 Å². The van der Waals surface area contributed by atoms with Crippen LogP contribution in [0.5, 0.6) is 5.75 Å². The number of Topliss-reactive ketones (excluding diaryl/α,β-unsaturated/α-hetero) is 1. The van der Waals surface area contributed by atoms with Crippen LogP contribution in [0.4, 0.5) is 4.39 Å². The number of amides is 1. The Hall–Kier alpha value is -4.41. The fraction of sp³-hybridized carbons (Fsp3) is 0.375. The summed E-state index contributed by atoms with van der Waals surface area (Å²) in [6.45, 7) is 1.91. The topological polar surface area (TPSA) is 106 Å². The molecule has 1 aromatic heterocycles. The van der Waals surface area contributed by atoms with Gasteiger partial charge in [0.1, 0.15) is 0 Å². The second kappa shape index (κ2) is 15.6. The van der Waals surface area contributed by atoms with Crippen molar-refractivity contribution in [3.05, 3.63) is 113 Å². The van der Waals surface area contributed by atoms with E-state index >= 15 is 0 Å². The minimum absolute atomic E-state index is 0.0269. The number of methoxy groups -OCH3 is 1. The molecule has 262 valence electrons. The Morgan fingerprint density at radius 3 is 2.28 bits per heavy atom. The lowest BCUT2D eigenvalue weighted by Gasteiger charge is -2.35. The van der Waals surface area contributed by atoms with Gasteiger partial charge in [-0.25, -0.2) is 12.8 Å². The molecule has 4 aromatic rings. The van der Waals surface area contributed by atoms with E-state index in [2.05, 4.69) is 16.4 Å². The molecule has 2 aliphatic carbocycles. The Bertz CT molecular complexity index is 1910. The molecule has 8 nitrogen and oxygen atoms in total. The van der Waals surface area contributed by atoms with Crippen LogP contribution in [0.1, 0.15) is 65.6 Å². The lowest BCUT2D eigenvalue weighted by Crippen LogP contribution is -2.42. The number of pyridine rings is 1. The van der Waals surface area contributed by atoms with Crippen molar-refractivity contribution in [1.29, 1.82) is 0 Å². The highest BCUT2D eigenvalue weighted by atomic mass is 32.2. The number of sulfone groups is 1. The highest BCUT2D eigenvalue weighted by molar-refractivity contribution is 7.90. The molecule has 0 aliphatic heterocycles. The van der Waals surface area contributed by atoms with E-state index in [0.717, 1.165) is 60.2 Å². The second-order valence-electron chi connectivity index (χ2n) is 13.6. The number of benzene rings is 3. The monoisotopic (exact) mass is 697 g/mol. The number of hydrogen-bond acceptors (Lipinski definition) is 7. The number of ketones is 1. The van der Waals surface area contributed by atoms with Crippen LogP contribution in [-0.4, -0.2) is 55.9 Å². The smallest absolute Gasteiger partial charge is 0.223 e. The molecule has 2 fully saturated rings. The molecule has 50 heavy (non-hydrogen) atoms. The summed E-state index contributed by atoms with van der Waals surface area (Å²) >= 11 is 0. The van der Waals surface area contributed by atoms with Crippen molar-refractivity contribution in [3.63, 3.8) is 0 Å². The van der Waals surface area contributed by atoms with Crippen molar-refractivity contribution in [2.24, 2.45) is 11.8 Å². The van der Waals surface area contributed by atoms with Gasteiger partial charge in [0.25, 0.3) is 0 Å². The van der Waals surface area contributed by atoms with Crippen LogP contribution in [0.3, 0.4) is 0 Å². The second-order valence-corrected chi connectivity index (χ2v) is 15.6. The van der Waals surface area contributed by atoms with Gasteiger partial charge in [0, 0.05) is 55.6 Å². The third-order valence-electron chi connectivity index (χ3n) is 10.2. The maximum Gasteiger partial charge on any atom is 0.223 e. The molecule has 2 bridgehead atoms. The third-order valence-corrected chi connectivity index (χ3v) is 11.3. The first-order valence-corrected chi connectivity index (χ1v) is 19.2. The number of rotatable bonds is 15. The molecule has 3 atom stereocenters. The maximum absolute atomic E-state index is 14.2. The summed E-state index contributed by atoms with van der Waals surface area (Å²) in [5.41, 5.74) is 5.25. The van der Waals surface area contributed by atoms with Crippen LogP contribution in [0.15, 0.2) is 90.0 Å². The van der Waals surface area contributed by atoms with Gasteiger partial charge < -0.3 is 15.0 Å². The third kappa shape index (κ3) is 8.65. The predicted octanol–water partition coefficient (Wildman–Crippen LogP) is 6.81. The highest BCUT2D eigenvalue weighted by Gasteiger charge is 2.43. The van der Waals surface area contributed by atoms with Crippen molar-refractivity contribution in [3.8, 4) is 17.0 Å². The average molecular weight is 698 g/mol. The van der Waals surface area contributed by atoms with Crippen LogP contribution < -0.4 is 10.1 Å². The largest absolute Gasteiger partial charge is 0.494 e. The number of fused-ring (bicyclic) bond motifs is 2. The van der Waals surface area contributed by atoms with E-state index in [1.165, 1.54) is 38.0 Å². The number of carbonyl (C=O) groups is 2. The number of nitrogens with zero attached hydrogens (tertiary/aromatic N) is 2. The summed E-state index contributed by atoms with van der Waals surface area (Å²) in [6, 6.07) is 23.6. The van der Waals surface area contributed by atoms with Crippen molar-refractivity contribution in [1.82, 2.24) is 15.2 Å². The summed E-state index contributed by atoms with van der Waals surface area (Å²) in [5, 5.41) is 3.42. The Balaban J connectivity index is 1.03. The van der Waals surface area contributed by atoms with Gasteiger partial charge in [-0.15, -0.1) is 0 Å². The van der Waals surface area contributed by atoms with Gasteiger partial charge in [-0.3, -0.25) is 14.6 Å². The molecule has 0 radical (unpaired) electrons. The molecule has 6 rings (SSSR count). The van der Waals surface area contributed by atoms with Crippen LogP contribution in [0.25, 0.3) is 11.3 Å². The van der Waals surface area contributed by atoms with E-state index < -0.39 is 15.7 Å². The fourth-order valence-electron chi connectivity index (χ4n) is 7.38. The maximum atomic E-state index is 14.2. The first-order chi connectivity index (χ1) is 24.1. The lowest BCUT2D eigenvalue weighted by atomic mass is 9.93. The SMILES string of the molecule is COc1ccc(C(=O)CCC(=O)N(Cc2ccc(-c3ccc(CNCCc4ccc(S(C)(=O)=O)cc4)cn3)cc2)C2C[C@@H]3CC[C@H]2C3)cc1F. The lowest BCUT2D eigenvalue weighted by molar-refractivity contribution is -0.135. The van der Waals surface area contributed by atoms with Crippen LogP contribution in [-0.2, 0) is 34.1 Å². The number of halogens is 1. The minimum Gasteiger partial charge on any atom is -0.494 e. The van der Waals surface area contributed by atoms with Gasteiger partial charge in [0.15, 0.2) is 27.2 Å². The number of nitrogens with one attached hydrogen (secondary N) is 1. The zero-order valence-electron chi connectivity index (χ0n) is 28.6. The molecule has 1 amide bonds. The summed E-state index contributed by atoms with van der Waals surface area (Å²) in [5.74, 6) is 0.356. The van der Waals surface area contributed by atoms with E-state index in [1.807, 2.05) is 53.6 Å². The Labute approximate surface area is 294 Å². The summed E-state index contributed by atoms with van der Waals surface area (Å²) in [7, 11) is -1.81. The Morgan fingerprint density at radius 1 is 0.920 bits per heavy atom. The van der Waals surface area contributed by atoms with Gasteiger partial charge in [0.2, 0.25) is 5.91 Å². The first-order valence-electron chi connectivity index (χ1n) is 17.3. The van der Waals surface area contributed by atoms with Gasteiger partial charge in [-0.05, 0) is 97.2 Å². The van der Waals surface area contributed by atoms with Crippen LogP contribution >= 0.6 is 0 Å². The molecule has 1 N–H and O–H groups in total. The molecule has 2 aliphatic rings. The molecular weight excluding hydrogens is 654 g/mol. The van der Waals surface area contributed by atoms with Crippen molar-refractivity contribution < 1.29 is 27.1 Å². The summed E-state index contributed by atoms with van der Waals surface area (Å²) in [6.07, 6.45) is 8.52. The van der Waals surface area contributed by atoms with Gasteiger partial charge >= 0.3 is 0 Å². The molecular formula is C40H44FN3O5S.